The number of ether oxygens (including phenoxy) is 2. The van der Waals surface area contributed by atoms with E-state index >= 15 is 0 Å². The first kappa shape index (κ1) is 33.0. The number of nitrogens with zero attached hydrogens (tertiary/aromatic N) is 2. The predicted octanol–water partition coefficient (Wildman–Crippen LogP) is 7.44. The van der Waals surface area contributed by atoms with Crippen molar-refractivity contribution in [1.82, 2.24) is 4.57 Å². The van der Waals surface area contributed by atoms with Gasteiger partial charge in [-0.1, -0.05) is 64.9 Å². The van der Waals surface area contributed by atoms with Gasteiger partial charge >= 0.3 is 12.1 Å². The Hall–Kier alpha value is -2.40. The average molecular weight is 885 g/mol. The van der Waals surface area contributed by atoms with Gasteiger partial charge in [0.2, 0.25) is 0 Å². The molecule has 0 spiro atoms. The molecule has 1 aromatic heterocycles. The quantitative estimate of drug-likeness (QED) is 0.143. The summed E-state index contributed by atoms with van der Waals surface area (Å²) >= 11 is 17.4. The van der Waals surface area contributed by atoms with E-state index in [1.54, 1.807) is 24.3 Å². The molecule has 0 N–H and O–H groups in total. The van der Waals surface area contributed by atoms with Gasteiger partial charge < -0.3 is 9.47 Å². The van der Waals surface area contributed by atoms with E-state index in [2.05, 4.69) is 50.2 Å². The number of fused-ring (bicyclic) bond motifs is 1. The molecule has 3 aromatic carbocycles. The Morgan fingerprint density at radius 1 is 1.11 bits per heavy atom. The van der Waals surface area contributed by atoms with Crippen LogP contribution in [0, 0.1) is 7.14 Å². The summed E-state index contributed by atoms with van der Waals surface area (Å²) in [5.74, 6) is -0.755. The van der Waals surface area contributed by atoms with Gasteiger partial charge in [-0.3, -0.25) is 9.36 Å². The second-order valence-electron chi connectivity index (χ2n) is 9.30. The van der Waals surface area contributed by atoms with E-state index in [9.17, 15) is 22.8 Å². The lowest BCUT2D eigenvalue weighted by Gasteiger charge is -2.26. The maximum absolute atomic E-state index is 14.4. The number of halogens is 7. The average Bonchev–Trinajstić information content (AvgIpc) is 3.27. The summed E-state index contributed by atoms with van der Waals surface area (Å²) in [7, 11) is 0. The van der Waals surface area contributed by atoms with Crippen molar-refractivity contribution in [2.75, 3.05) is 6.61 Å². The van der Waals surface area contributed by atoms with Crippen LogP contribution in [0.4, 0.5) is 13.2 Å². The molecular formula is C30H19Cl2F3I2N2O4S. The number of carbonyl (C=O) groups excluding carboxylic acids is 1. The Morgan fingerprint density at radius 3 is 2.48 bits per heavy atom. The highest BCUT2D eigenvalue weighted by molar-refractivity contribution is 14.1. The van der Waals surface area contributed by atoms with Crippen LogP contribution < -0.4 is 19.6 Å². The van der Waals surface area contributed by atoms with Crippen molar-refractivity contribution >= 4 is 91.8 Å². The van der Waals surface area contributed by atoms with Gasteiger partial charge in [0.1, 0.15) is 12.4 Å². The third-order valence-electron chi connectivity index (χ3n) is 6.43. The maximum atomic E-state index is 14.4. The molecule has 1 atom stereocenters. The van der Waals surface area contributed by atoms with Gasteiger partial charge in [-0.15, -0.1) is 0 Å². The van der Waals surface area contributed by atoms with Crippen molar-refractivity contribution in [1.29, 1.82) is 0 Å². The summed E-state index contributed by atoms with van der Waals surface area (Å²) in [4.78, 5) is 30.6. The topological polar surface area (TPSA) is 69.9 Å². The van der Waals surface area contributed by atoms with Crippen LogP contribution in [-0.2, 0) is 16.1 Å². The highest BCUT2D eigenvalue weighted by Gasteiger charge is 2.45. The Labute approximate surface area is 290 Å². The molecule has 5 rings (SSSR count). The monoisotopic (exact) mass is 884 g/mol. The van der Waals surface area contributed by atoms with E-state index in [1.807, 2.05) is 18.2 Å². The van der Waals surface area contributed by atoms with Crippen LogP contribution in [0.15, 0.2) is 81.7 Å². The molecule has 0 bridgehead atoms. The standard InChI is InChI=1S/C30H19Cl2F3I2N2O4S/c1-2-42-28(41)23-24(15-7-9-18(31)10-8-15)39-27(40)22(44-29(39)38-26(23)30(33,34)35)12-17-11-19(36)13-21(37)25(17)43-14-16-5-3-4-6-20(16)32/h3-13,24H,2,14H2,1H3/b22-12-/t24-/m1/s1. The van der Waals surface area contributed by atoms with Crippen molar-refractivity contribution in [2.45, 2.75) is 25.7 Å². The number of esters is 1. The van der Waals surface area contributed by atoms with E-state index < -0.39 is 35.0 Å². The molecule has 44 heavy (non-hydrogen) atoms. The Kier molecular flexibility index (Phi) is 10.1. The molecule has 0 fully saturated rings. The zero-order valence-electron chi connectivity index (χ0n) is 22.4. The number of aromatic nitrogens is 1. The van der Waals surface area contributed by atoms with Gasteiger partial charge in [-0.2, -0.15) is 13.2 Å². The van der Waals surface area contributed by atoms with E-state index in [4.69, 9.17) is 32.7 Å². The molecule has 1 aliphatic heterocycles. The van der Waals surface area contributed by atoms with Gasteiger partial charge in [0.05, 0.1) is 26.3 Å². The van der Waals surface area contributed by atoms with Crippen LogP contribution in [-0.4, -0.2) is 23.3 Å². The SMILES string of the molecule is CCOC(=O)C1=C(C(F)(F)F)N=c2s/c(=C\c3cc(I)cc(I)c3OCc3ccccc3Cl)c(=O)n2[C@@H]1c1ccc(Cl)cc1. The minimum atomic E-state index is -5.01. The molecule has 6 nitrogen and oxygen atoms in total. The molecule has 14 heteroatoms. The lowest BCUT2D eigenvalue weighted by atomic mass is 9.95. The zero-order chi connectivity index (χ0) is 31.8. The van der Waals surface area contributed by atoms with Gasteiger partial charge in [0.15, 0.2) is 10.5 Å². The van der Waals surface area contributed by atoms with Crippen molar-refractivity contribution in [3.8, 4) is 5.75 Å². The van der Waals surface area contributed by atoms with E-state index in [-0.39, 0.29) is 28.1 Å². The highest BCUT2D eigenvalue weighted by Crippen LogP contribution is 2.38. The fourth-order valence-corrected chi connectivity index (χ4v) is 7.90. The third kappa shape index (κ3) is 6.88. The Bertz CT molecular complexity index is 1980. The van der Waals surface area contributed by atoms with Crippen molar-refractivity contribution < 1.29 is 27.4 Å². The fourth-order valence-electron chi connectivity index (χ4n) is 4.55. The summed E-state index contributed by atoms with van der Waals surface area (Å²) in [6, 6.07) is 15.3. The summed E-state index contributed by atoms with van der Waals surface area (Å²) in [6.07, 6.45) is -3.45. The minimum Gasteiger partial charge on any atom is -0.487 e. The molecule has 1 aliphatic rings. The first-order chi connectivity index (χ1) is 20.9. The molecule has 0 radical (unpaired) electrons. The van der Waals surface area contributed by atoms with Gasteiger partial charge in [0, 0.05) is 24.7 Å². The van der Waals surface area contributed by atoms with Crippen LogP contribution >= 0.6 is 79.7 Å². The molecular weight excluding hydrogens is 866 g/mol. The van der Waals surface area contributed by atoms with E-state index in [1.165, 1.54) is 31.2 Å². The Morgan fingerprint density at radius 2 is 1.82 bits per heavy atom. The lowest BCUT2D eigenvalue weighted by Crippen LogP contribution is -2.41. The maximum Gasteiger partial charge on any atom is 0.434 e. The molecule has 0 amide bonds. The Balaban J connectivity index is 1.72. The molecule has 0 saturated carbocycles. The number of hydrogen-bond acceptors (Lipinski definition) is 6. The smallest absolute Gasteiger partial charge is 0.434 e. The van der Waals surface area contributed by atoms with Gasteiger partial charge in [0.25, 0.3) is 5.56 Å². The van der Waals surface area contributed by atoms with Crippen LogP contribution in [0.1, 0.15) is 29.7 Å². The van der Waals surface area contributed by atoms with Crippen LogP contribution in [0.25, 0.3) is 6.08 Å². The number of rotatable bonds is 7. The first-order valence-corrected chi connectivity index (χ1v) is 16.5. The molecule has 228 valence electrons. The van der Waals surface area contributed by atoms with E-state index in [0.717, 1.165) is 28.6 Å². The molecule has 4 aromatic rings. The number of carbonyl (C=O) groups is 1. The highest BCUT2D eigenvalue weighted by atomic mass is 127. The zero-order valence-corrected chi connectivity index (χ0v) is 29.1. The number of benzene rings is 3. The van der Waals surface area contributed by atoms with Crippen LogP contribution in [0.5, 0.6) is 5.75 Å². The van der Waals surface area contributed by atoms with Gasteiger partial charge in [-0.05, 0) is 94.1 Å². The molecule has 0 unspecified atom stereocenters. The second kappa shape index (κ2) is 13.5. The molecule has 2 heterocycles. The minimum absolute atomic E-state index is 0.0924. The largest absolute Gasteiger partial charge is 0.487 e. The summed E-state index contributed by atoms with van der Waals surface area (Å²) in [5, 5.41) is 0.861. The second-order valence-corrected chi connectivity index (χ2v) is 13.6. The molecule has 0 aliphatic carbocycles. The number of thiazole rings is 1. The van der Waals surface area contributed by atoms with Gasteiger partial charge in [-0.25, -0.2) is 9.79 Å². The normalized spacial score (nSPS) is 15.2. The van der Waals surface area contributed by atoms with Crippen LogP contribution in [0.3, 0.4) is 0 Å². The fraction of sp³-hybridized carbons (Fsp3) is 0.167. The first-order valence-electron chi connectivity index (χ1n) is 12.8. The number of allylic oxidation sites excluding steroid dienone is 1. The lowest BCUT2D eigenvalue weighted by molar-refractivity contribution is -0.140. The molecule has 0 saturated heterocycles. The van der Waals surface area contributed by atoms with Crippen molar-refractivity contribution in [3.63, 3.8) is 0 Å². The third-order valence-corrected chi connectivity index (χ3v) is 9.46. The van der Waals surface area contributed by atoms with Crippen molar-refractivity contribution in [2.24, 2.45) is 4.99 Å². The summed E-state index contributed by atoms with van der Waals surface area (Å²) in [6.45, 7) is 1.45. The summed E-state index contributed by atoms with van der Waals surface area (Å²) < 4.78 is 57.1. The number of hydrogen-bond donors (Lipinski definition) is 0. The van der Waals surface area contributed by atoms with Crippen molar-refractivity contribution in [3.05, 3.63) is 125 Å². The predicted molar refractivity (Wildman–Crippen MR) is 180 cm³/mol. The van der Waals surface area contributed by atoms with Crippen LogP contribution in [0.2, 0.25) is 10.0 Å². The number of alkyl halides is 3. The summed E-state index contributed by atoms with van der Waals surface area (Å²) in [5.41, 5.74) is -1.33. The van der Waals surface area contributed by atoms with E-state index in [0.29, 0.717) is 21.4 Å².